The summed E-state index contributed by atoms with van der Waals surface area (Å²) in [4.78, 5) is 42.5. The Balaban J connectivity index is 0.887. The van der Waals surface area contributed by atoms with E-state index in [1.54, 1.807) is 59.9 Å². The molecule has 1 heterocycles. The van der Waals surface area contributed by atoms with E-state index in [4.69, 9.17) is 62.6 Å². The van der Waals surface area contributed by atoms with Crippen LogP contribution in [0.3, 0.4) is 0 Å². The SMILES string of the molecule is C=CC(=O)OCCOCCOCCOc1ccc(OC(=O)C2CCC(COc3ccc(OCC4CCC(C(=O)Oc5ccc(OCCOCCO)cc5)CC4)cc3/C=N/N(CCCCCC)c3nc4ccccc4s3)CC2)cc1. The third kappa shape index (κ3) is 20.9. The second-order valence-electron chi connectivity index (χ2n) is 19.6. The van der Waals surface area contributed by atoms with Crippen molar-refractivity contribution < 1.29 is 66.9 Å². The van der Waals surface area contributed by atoms with E-state index in [0.29, 0.717) is 100 Å². The summed E-state index contributed by atoms with van der Waals surface area (Å²) in [6, 6.07) is 28.0. The molecule has 0 radical (unpaired) electrons. The smallest absolute Gasteiger partial charge is 0.330 e. The minimum absolute atomic E-state index is 0.0295. The number of ether oxygens (including phenoxy) is 10. The molecule has 7 rings (SSSR count). The third-order valence-electron chi connectivity index (χ3n) is 13.7. The van der Waals surface area contributed by atoms with Crippen molar-refractivity contribution in [2.24, 2.45) is 28.8 Å². The lowest BCUT2D eigenvalue weighted by molar-refractivity contribution is -0.141. The molecule has 2 fully saturated rings. The Labute approximate surface area is 468 Å². The van der Waals surface area contributed by atoms with Crippen LogP contribution in [0.2, 0.25) is 0 Å². The number of carbonyl (C=O) groups is 3. The molecule has 1 N–H and O–H groups in total. The Morgan fingerprint density at radius 3 is 1.76 bits per heavy atom. The summed E-state index contributed by atoms with van der Waals surface area (Å²) >= 11 is 1.63. The predicted molar refractivity (Wildman–Crippen MR) is 303 cm³/mol. The van der Waals surface area contributed by atoms with Gasteiger partial charge in [0.05, 0.1) is 87.7 Å². The van der Waals surface area contributed by atoms with Crippen molar-refractivity contribution in [2.75, 3.05) is 90.8 Å². The molecule has 79 heavy (non-hydrogen) atoms. The van der Waals surface area contributed by atoms with Crippen LogP contribution in [0.25, 0.3) is 10.2 Å². The van der Waals surface area contributed by atoms with E-state index in [0.717, 1.165) is 97.7 Å². The standard InChI is InChI=1S/C61H77N3O14S/c1-3-5-6-9-30-64(61-63-55-10-7-8-11-57(55)79-61)62-42-49-41-54(75-43-45-12-16-47(17-13-45)59(67)77-52-24-20-50(21-25-52)72-38-35-69-32-31-65)28-29-56(49)76-44-46-14-18-48(19-15-46)60(68)78-53-26-22-51(23-27-53)73-39-36-70-33-34-71-37-40-74-58(66)4-2/h4,7-8,10-11,20-29,41-42,45-48,65H,2-3,5-6,9,12-19,30-40,43-44H2,1H3/b62-42+. The van der Waals surface area contributed by atoms with Gasteiger partial charge >= 0.3 is 17.9 Å². The molecule has 0 bridgehead atoms. The molecule has 0 amide bonds. The van der Waals surface area contributed by atoms with Gasteiger partial charge in [0.2, 0.25) is 5.13 Å². The van der Waals surface area contributed by atoms with Crippen LogP contribution in [0.1, 0.15) is 89.5 Å². The number of esters is 3. The number of fused-ring (bicyclic) bond motifs is 1. The van der Waals surface area contributed by atoms with Gasteiger partial charge in [-0.3, -0.25) is 9.59 Å². The summed E-state index contributed by atoms with van der Waals surface area (Å²) in [5, 5.41) is 16.8. The first-order valence-corrected chi connectivity index (χ1v) is 28.7. The topological polar surface area (TPSA) is 192 Å². The lowest BCUT2D eigenvalue weighted by atomic mass is 9.82. The Hall–Kier alpha value is -6.57. The second-order valence-corrected chi connectivity index (χ2v) is 20.6. The van der Waals surface area contributed by atoms with Gasteiger partial charge in [-0.2, -0.15) is 5.10 Å². The summed E-state index contributed by atoms with van der Waals surface area (Å²) in [6.07, 6.45) is 13.5. The lowest BCUT2D eigenvalue weighted by Gasteiger charge is -2.28. The van der Waals surface area contributed by atoms with Gasteiger partial charge < -0.3 is 52.5 Å². The van der Waals surface area contributed by atoms with Crippen molar-refractivity contribution in [2.45, 2.75) is 84.0 Å². The van der Waals surface area contributed by atoms with Gasteiger partial charge in [-0.25, -0.2) is 14.8 Å². The fraction of sp³-hybridized carbons (Fsp3) is 0.492. The van der Waals surface area contributed by atoms with Crippen LogP contribution in [-0.2, 0) is 33.3 Å². The summed E-state index contributed by atoms with van der Waals surface area (Å²) in [5.41, 5.74) is 1.74. The summed E-state index contributed by atoms with van der Waals surface area (Å²) < 4.78 is 58.2. The highest BCUT2D eigenvalue weighted by molar-refractivity contribution is 7.22. The Bertz CT molecular complexity index is 2600. The number of aromatic nitrogens is 1. The first-order valence-electron chi connectivity index (χ1n) is 27.9. The van der Waals surface area contributed by atoms with Crippen LogP contribution in [-0.4, -0.2) is 120 Å². The first kappa shape index (κ1) is 60.1. The second kappa shape index (κ2) is 33.8. The van der Waals surface area contributed by atoms with E-state index in [9.17, 15) is 14.4 Å². The van der Waals surface area contributed by atoms with Crippen molar-refractivity contribution in [3.8, 4) is 34.5 Å². The Morgan fingerprint density at radius 2 is 1.18 bits per heavy atom. The molecule has 0 spiro atoms. The molecule has 0 aliphatic heterocycles. The number of thiazole rings is 1. The van der Waals surface area contributed by atoms with Gasteiger partial charge in [0, 0.05) is 18.2 Å². The number of aliphatic hydroxyl groups excluding tert-OH is 1. The van der Waals surface area contributed by atoms with Gasteiger partial charge in [-0.15, -0.1) is 0 Å². The van der Waals surface area contributed by atoms with Crippen LogP contribution in [0, 0.1) is 23.7 Å². The number of unbranched alkanes of at least 4 members (excludes halogenated alkanes) is 3. The molecule has 0 saturated heterocycles. The molecule has 18 heteroatoms. The van der Waals surface area contributed by atoms with Gasteiger partial charge in [-0.1, -0.05) is 56.2 Å². The number of benzene rings is 4. The summed E-state index contributed by atoms with van der Waals surface area (Å²) in [6.45, 7) is 10.2. The average molecular weight is 1110 g/mol. The van der Waals surface area contributed by atoms with Crippen LogP contribution in [0.4, 0.5) is 5.13 Å². The van der Waals surface area contributed by atoms with Crippen molar-refractivity contribution in [3.05, 3.63) is 109 Å². The quantitative estimate of drug-likeness (QED) is 0.0100. The van der Waals surface area contributed by atoms with Crippen molar-refractivity contribution in [3.63, 3.8) is 0 Å². The van der Waals surface area contributed by atoms with E-state index in [-0.39, 0.29) is 62.0 Å². The maximum atomic E-state index is 13.3. The maximum absolute atomic E-state index is 13.3. The van der Waals surface area contributed by atoms with Crippen LogP contribution >= 0.6 is 11.3 Å². The molecule has 17 nitrogen and oxygen atoms in total. The van der Waals surface area contributed by atoms with E-state index in [2.05, 4.69) is 19.6 Å². The van der Waals surface area contributed by atoms with Crippen molar-refractivity contribution in [1.82, 2.24) is 4.98 Å². The molecular formula is C61H77N3O14S. The van der Waals surface area contributed by atoms with Gasteiger partial charge in [-0.05, 0) is 148 Å². The molecule has 2 aliphatic rings. The Morgan fingerprint density at radius 1 is 0.633 bits per heavy atom. The highest BCUT2D eigenvalue weighted by atomic mass is 32.1. The number of rotatable bonds is 35. The molecule has 2 saturated carbocycles. The number of anilines is 1. The number of aliphatic hydroxyl groups is 1. The van der Waals surface area contributed by atoms with Crippen LogP contribution in [0.15, 0.2) is 109 Å². The maximum Gasteiger partial charge on any atom is 0.330 e. The van der Waals surface area contributed by atoms with E-state index < -0.39 is 5.97 Å². The van der Waals surface area contributed by atoms with E-state index in [1.165, 1.54) is 0 Å². The zero-order chi connectivity index (χ0) is 55.3. The number of hydrogen-bond donors (Lipinski definition) is 1. The molecular weight excluding hydrogens is 1030 g/mol. The highest BCUT2D eigenvalue weighted by Crippen LogP contribution is 2.35. The van der Waals surface area contributed by atoms with Crippen LogP contribution < -0.4 is 33.4 Å². The molecule has 0 atom stereocenters. The zero-order valence-corrected chi connectivity index (χ0v) is 46.3. The Kier molecular flexibility index (Phi) is 25.7. The molecule has 5 aromatic rings. The molecule has 1 aromatic heterocycles. The average Bonchev–Trinajstić information content (AvgIpc) is 3.96. The summed E-state index contributed by atoms with van der Waals surface area (Å²) in [5.74, 6) is 2.85. The minimum Gasteiger partial charge on any atom is -0.493 e. The molecule has 2 aliphatic carbocycles. The fourth-order valence-corrected chi connectivity index (χ4v) is 10.1. The highest BCUT2D eigenvalue weighted by Gasteiger charge is 2.30. The summed E-state index contributed by atoms with van der Waals surface area (Å²) in [7, 11) is 0. The van der Waals surface area contributed by atoms with Crippen LogP contribution in [0.5, 0.6) is 34.5 Å². The minimum atomic E-state index is -0.481. The number of para-hydroxylation sites is 1. The largest absolute Gasteiger partial charge is 0.493 e. The van der Waals surface area contributed by atoms with Crippen molar-refractivity contribution >= 4 is 50.8 Å². The van der Waals surface area contributed by atoms with Crippen molar-refractivity contribution in [1.29, 1.82) is 0 Å². The molecule has 0 unspecified atom stereocenters. The van der Waals surface area contributed by atoms with Gasteiger partial charge in [0.15, 0.2) is 0 Å². The monoisotopic (exact) mass is 1110 g/mol. The number of carbonyl (C=O) groups excluding carboxylic acids is 3. The number of hydrogen-bond acceptors (Lipinski definition) is 18. The van der Waals surface area contributed by atoms with Gasteiger partial charge in [0.1, 0.15) is 54.3 Å². The van der Waals surface area contributed by atoms with E-state index in [1.807, 2.05) is 47.6 Å². The fourth-order valence-electron chi connectivity index (χ4n) is 9.19. The van der Waals surface area contributed by atoms with Gasteiger partial charge in [0.25, 0.3) is 0 Å². The third-order valence-corrected chi connectivity index (χ3v) is 14.7. The first-order chi connectivity index (χ1) is 38.8. The number of nitrogens with zero attached hydrogens (tertiary/aromatic N) is 3. The molecule has 4 aromatic carbocycles. The molecule has 426 valence electrons. The lowest BCUT2D eigenvalue weighted by Crippen LogP contribution is -2.28. The number of hydrazone groups is 1. The predicted octanol–water partition coefficient (Wildman–Crippen LogP) is 10.8. The normalized spacial score (nSPS) is 17.2. The zero-order valence-electron chi connectivity index (χ0n) is 45.5. The van der Waals surface area contributed by atoms with E-state index >= 15 is 0 Å².